The van der Waals surface area contributed by atoms with Gasteiger partial charge in [0.05, 0.1) is 30.6 Å². The van der Waals surface area contributed by atoms with Crippen molar-refractivity contribution in [2.45, 2.75) is 71.2 Å². The van der Waals surface area contributed by atoms with Gasteiger partial charge in [0.25, 0.3) is 5.91 Å². The Morgan fingerprint density at radius 1 is 1.11 bits per heavy atom. The summed E-state index contributed by atoms with van der Waals surface area (Å²) in [5.41, 5.74) is 2.68. The average Bonchev–Trinajstić information content (AvgIpc) is 3.30. The van der Waals surface area contributed by atoms with Gasteiger partial charge in [-0.15, -0.1) is 0 Å². The number of methoxy groups -OCH3 is 1. The van der Waals surface area contributed by atoms with E-state index in [2.05, 4.69) is 10.3 Å². The molecule has 1 amide bonds. The molecule has 0 spiro atoms. The number of nitrogens with zero attached hydrogens (tertiary/aromatic N) is 2. The number of halogens is 1. The van der Waals surface area contributed by atoms with Gasteiger partial charge < -0.3 is 24.8 Å². The molecular weight excluding hydrogens is 489 g/mol. The molecule has 38 heavy (non-hydrogen) atoms. The smallest absolute Gasteiger partial charge is 0.337 e. The number of imidazole rings is 1. The minimum atomic E-state index is -0.729. The number of carbonyl (C=O) groups excluding carboxylic acids is 2. The number of amides is 1. The molecule has 2 atom stereocenters. The van der Waals surface area contributed by atoms with Crippen LogP contribution in [0.25, 0.3) is 11.4 Å². The van der Waals surface area contributed by atoms with Crippen molar-refractivity contribution in [1.29, 1.82) is 0 Å². The molecule has 0 aliphatic carbocycles. The van der Waals surface area contributed by atoms with E-state index in [-0.39, 0.29) is 36.3 Å². The first-order valence-corrected chi connectivity index (χ1v) is 12.8. The molecule has 1 aromatic heterocycles. The van der Waals surface area contributed by atoms with Crippen LogP contribution in [0.2, 0.25) is 0 Å². The Hall–Kier alpha value is -3.56. The molecule has 2 aromatic carbocycles. The highest BCUT2D eigenvalue weighted by atomic mass is 19.1. The number of nitrogens with one attached hydrogen (secondary N) is 1. The molecule has 0 saturated heterocycles. The van der Waals surface area contributed by atoms with E-state index < -0.39 is 18.2 Å². The van der Waals surface area contributed by atoms with Crippen molar-refractivity contribution in [2.75, 3.05) is 7.11 Å². The molecule has 1 heterocycles. The molecule has 9 heteroatoms. The molecule has 204 valence electrons. The number of hydrogen-bond acceptors (Lipinski definition) is 6. The summed E-state index contributed by atoms with van der Waals surface area (Å²) >= 11 is 0. The maximum absolute atomic E-state index is 13.6. The highest BCUT2D eigenvalue weighted by Gasteiger charge is 2.26. The molecule has 0 aliphatic rings. The number of aliphatic hydroxyl groups excluding tert-OH is 2. The Morgan fingerprint density at radius 3 is 2.45 bits per heavy atom. The van der Waals surface area contributed by atoms with E-state index in [4.69, 9.17) is 4.74 Å². The fourth-order valence-corrected chi connectivity index (χ4v) is 4.33. The fourth-order valence-electron chi connectivity index (χ4n) is 4.33. The third-order valence-corrected chi connectivity index (χ3v) is 6.37. The van der Waals surface area contributed by atoms with Gasteiger partial charge in [0.1, 0.15) is 17.3 Å². The number of hydrogen-bond donors (Lipinski definition) is 3. The van der Waals surface area contributed by atoms with Gasteiger partial charge in [-0.05, 0) is 67.1 Å². The van der Waals surface area contributed by atoms with Crippen molar-refractivity contribution < 1.29 is 28.9 Å². The van der Waals surface area contributed by atoms with Gasteiger partial charge in [0.15, 0.2) is 0 Å². The molecule has 3 N–H and O–H groups in total. The first-order chi connectivity index (χ1) is 18.1. The number of esters is 1. The molecule has 0 saturated carbocycles. The van der Waals surface area contributed by atoms with E-state index in [1.807, 2.05) is 25.3 Å². The van der Waals surface area contributed by atoms with Crippen molar-refractivity contribution in [3.8, 4) is 11.4 Å². The van der Waals surface area contributed by atoms with Gasteiger partial charge in [0, 0.05) is 18.7 Å². The van der Waals surface area contributed by atoms with Crippen molar-refractivity contribution in [1.82, 2.24) is 14.9 Å². The van der Waals surface area contributed by atoms with E-state index in [0.29, 0.717) is 42.0 Å². The van der Waals surface area contributed by atoms with E-state index in [9.17, 15) is 24.2 Å². The zero-order valence-corrected chi connectivity index (χ0v) is 22.3. The third kappa shape index (κ3) is 7.26. The lowest BCUT2D eigenvalue weighted by molar-refractivity contribution is 0.0600. The number of rotatable bonds is 12. The normalized spacial score (nSPS) is 12.8. The Kier molecular flexibility index (Phi) is 10.2. The third-order valence-electron chi connectivity index (χ3n) is 6.37. The maximum Gasteiger partial charge on any atom is 0.337 e. The van der Waals surface area contributed by atoms with Crippen LogP contribution in [0.15, 0.2) is 48.5 Å². The minimum absolute atomic E-state index is 0.0847. The number of carbonyl (C=O) groups is 2. The maximum atomic E-state index is 13.6. The molecule has 3 rings (SSSR count). The lowest BCUT2D eigenvalue weighted by Gasteiger charge is -2.19. The first-order valence-electron chi connectivity index (χ1n) is 12.8. The standard InChI is InChI=1S/C29H36FN3O5/c1-5-23(34)16-24(35)13-14-33-26(18(2)3)25(32-27(33)20-9-11-22(30)12-10-20)28(36)31-17-19-7-6-8-21(15-19)29(37)38-4/h6-12,15,18,23-24,34-35H,5,13-14,16-17H2,1-4H3,(H,31,36). The Bertz CT molecular complexity index is 1240. The number of ether oxygens (including phenoxy) is 1. The fraction of sp³-hybridized carbons (Fsp3) is 0.414. The predicted octanol–water partition coefficient (Wildman–Crippen LogP) is 4.44. The molecule has 2 unspecified atom stereocenters. The second-order valence-corrected chi connectivity index (χ2v) is 9.60. The SMILES string of the molecule is CCC(O)CC(O)CCn1c(-c2ccc(F)cc2)nc(C(=O)NCc2cccc(C(=O)OC)c2)c1C(C)C. The Balaban J connectivity index is 1.92. The van der Waals surface area contributed by atoms with Crippen LogP contribution in [0, 0.1) is 5.82 Å². The Labute approximate surface area is 222 Å². The second-order valence-electron chi connectivity index (χ2n) is 9.60. The average molecular weight is 526 g/mol. The van der Waals surface area contributed by atoms with Crippen molar-refractivity contribution in [2.24, 2.45) is 0 Å². The van der Waals surface area contributed by atoms with Crippen LogP contribution in [0.1, 0.15) is 78.1 Å². The van der Waals surface area contributed by atoms with Crippen LogP contribution in [0.5, 0.6) is 0 Å². The van der Waals surface area contributed by atoms with Crippen LogP contribution in [-0.2, 0) is 17.8 Å². The molecule has 0 radical (unpaired) electrons. The number of aliphatic hydroxyl groups is 2. The zero-order valence-electron chi connectivity index (χ0n) is 22.3. The quantitative estimate of drug-likeness (QED) is 0.301. The Morgan fingerprint density at radius 2 is 1.82 bits per heavy atom. The van der Waals surface area contributed by atoms with Crippen LogP contribution in [0.4, 0.5) is 4.39 Å². The monoisotopic (exact) mass is 525 g/mol. The molecular formula is C29H36FN3O5. The largest absolute Gasteiger partial charge is 0.465 e. The van der Waals surface area contributed by atoms with Crippen molar-refractivity contribution in [3.05, 3.63) is 76.9 Å². The summed E-state index contributed by atoms with van der Waals surface area (Å²) in [6.07, 6.45) is -0.164. The van der Waals surface area contributed by atoms with Gasteiger partial charge in [0.2, 0.25) is 0 Å². The summed E-state index contributed by atoms with van der Waals surface area (Å²) in [6, 6.07) is 12.7. The highest BCUT2D eigenvalue weighted by molar-refractivity contribution is 5.94. The second kappa shape index (κ2) is 13.3. The van der Waals surface area contributed by atoms with Gasteiger partial charge >= 0.3 is 5.97 Å². The number of aromatic nitrogens is 2. The van der Waals surface area contributed by atoms with Crippen molar-refractivity contribution >= 4 is 11.9 Å². The lowest BCUT2D eigenvalue weighted by atomic mass is 10.1. The summed E-state index contributed by atoms with van der Waals surface area (Å²) in [6.45, 7) is 6.30. The van der Waals surface area contributed by atoms with Crippen LogP contribution in [-0.4, -0.2) is 51.0 Å². The summed E-state index contributed by atoms with van der Waals surface area (Å²) < 4.78 is 20.3. The summed E-state index contributed by atoms with van der Waals surface area (Å²) in [7, 11) is 1.31. The predicted molar refractivity (Wildman–Crippen MR) is 142 cm³/mol. The van der Waals surface area contributed by atoms with Gasteiger partial charge in [-0.25, -0.2) is 14.2 Å². The van der Waals surface area contributed by atoms with Crippen molar-refractivity contribution in [3.63, 3.8) is 0 Å². The molecule has 0 bridgehead atoms. The van der Waals surface area contributed by atoms with Gasteiger partial charge in [-0.2, -0.15) is 0 Å². The topological polar surface area (TPSA) is 114 Å². The summed E-state index contributed by atoms with van der Waals surface area (Å²) in [5.74, 6) is -0.821. The molecule has 0 fully saturated rings. The van der Waals surface area contributed by atoms with Crippen LogP contribution < -0.4 is 5.32 Å². The van der Waals surface area contributed by atoms with E-state index in [1.165, 1.54) is 19.2 Å². The van der Waals surface area contributed by atoms with Gasteiger partial charge in [-0.3, -0.25) is 4.79 Å². The summed E-state index contributed by atoms with van der Waals surface area (Å²) in [5, 5.41) is 23.3. The van der Waals surface area contributed by atoms with Crippen LogP contribution in [0.3, 0.4) is 0 Å². The molecule has 8 nitrogen and oxygen atoms in total. The minimum Gasteiger partial charge on any atom is -0.465 e. The van der Waals surface area contributed by atoms with E-state index >= 15 is 0 Å². The molecule has 3 aromatic rings. The summed E-state index contributed by atoms with van der Waals surface area (Å²) in [4.78, 5) is 29.9. The van der Waals surface area contributed by atoms with Crippen LogP contribution >= 0.6 is 0 Å². The first kappa shape index (κ1) is 29.0. The zero-order chi connectivity index (χ0) is 27.8. The lowest BCUT2D eigenvalue weighted by Crippen LogP contribution is -2.25. The van der Waals surface area contributed by atoms with E-state index in [0.717, 1.165) is 5.56 Å². The highest BCUT2D eigenvalue weighted by Crippen LogP contribution is 2.29. The number of benzene rings is 2. The van der Waals surface area contributed by atoms with Gasteiger partial charge in [-0.1, -0.05) is 32.9 Å². The molecule has 0 aliphatic heterocycles. The van der Waals surface area contributed by atoms with E-state index in [1.54, 1.807) is 36.4 Å².